The zero-order valence-electron chi connectivity index (χ0n) is 11.7. The van der Waals surface area contributed by atoms with Crippen LogP contribution in [0, 0.1) is 0 Å². The molecule has 1 aromatic rings. The van der Waals surface area contributed by atoms with E-state index in [0.717, 1.165) is 18.0 Å². The fraction of sp³-hybridized carbons (Fsp3) is 0.533. The maximum atomic E-state index is 12.0. The normalized spacial score (nSPS) is 20.0. The number of carbonyl (C=O) groups is 1. The summed E-state index contributed by atoms with van der Waals surface area (Å²) in [7, 11) is 1.63. The SMILES string of the molecule is COc1ccc(NC(=O)CN2CCCCC2C)cc1. The lowest BCUT2D eigenvalue weighted by atomic mass is 10.0. The van der Waals surface area contributed by atoms with Crippen molar-refractivity contribution in [3.05, 3.63) is 24.3 Å². The molecule has 4 heteroatoms. The molecule has 0 saturated carbocycles. The van der Waals surface area contributed by atoms with Gasteiger partial charge in [-0.15, -0.1) is 0 Å². The summed E-state index contributed by atoms with van der Waals surface area (Å²) in [6.07, 6.45) is 3.66. The maximum Gasteiger partial charge on any atom is 0.238 e. The summed E-state index contributed by atoms with van der Waals surface area (Å²) < 4.78 is 5.09. The molecule has 1 aromatic carbocycles. The van der Waals surface area contributed by atoms with Gasteiger partial charge in [-0.3, -0.25) is 9.69 Å². The predicted octanol–water partition coefficient (Wildman–Crippen LogP) is 2.51. The summed E-state index contributed by atoms with van der Waals surface area (Å²) in [5.41, 5.74) is 0.815. The average Bonchev–Trinajstić information content (AvgIpc) is 2.42. The van der Waals surface area contributed by atoms with E-state index < -0.39 is 0 Å². The van der Waals surface area contributed by atoms with Gasteiger partial charge in [0.2, 0.25) is 5.91 Å². The van der Waals surface area contributed by atoms with Crippen molar-refractivity contribution in [2.24, 2.45) is 0 Å². The number of hydrogen-bond donors (Lipinski definition) is 1. The van der Waals surface area contributed by atoms with Crippen LogP contribution in [-0.4, -0.2) is 37.0 Å². The molecule has 0 bridgehead atoms. The van der Waals surface area contributed by atoms with Crippen molar-refractivity contribution in [2.75, 3.05) is 25.5 Å². The molecule has 2 rings (SSSR count). The van der Waals surface area contributed by atoms with Crippen LogP contribution < -0.4 is 10.1 Å². The first-order valence-electron chi connectivity index (χ1n) is 6.87. The number of hydrogen-bond acceptors (Lipinski definition) is 3. The van der Waals surface area contributed by atoms with Gasteiger partial charge >= 0.3 is 0 Å². The smallest absolute Gasteiger partial charge is 0.238 e. The number of benzene rings is 1. The number of rotatable bonds is 4. The Kier molecular flexibility index (Phi) is 4.80. The molecule has 1 heterocycles. The highest BCUT2D eigenvalue weighted by molar-refractivity contribution is 5.92. The van der Waals surface area contributed by atoms with Crippen LogP contribution in [0.25, 0.3) is 0 Å². The Bertz CT molecular complexity index is 417. The van der Waals surface area contributed by atoms with Gasteiger partial charge in [-0.1, -0.05) is 6.42 Å². The van der Waals surface area contributed by atoms with Gasteiger partial charge in [-0.2, -0.15) is 0 Å². The number of piperidine rings is 1. The first-order chi connectivity index (χ1) is 9.19. The van der Waals surface area contributed by atoms with Gasteiger partial charge in [0.25, 0.3) is 0 Å². The second-order valence-corrected chi connectivity index (χ2v) is 5.09. The van der Waals surface area contributed by atoms with E-state index in [2.05, 4.69) is 17.1 Å². The van der Waals surface area contributed by atoms with E-state index >= 15 is 0 Å². The van der Waals surface area contributed by atoms with Gasteiger partial charge in [-0.05, 0) is 50.6 Å². The van der Waals surface area contributed by atoms with Gasteiger partial charge in [0, 0.05) is 11.7 Å². The lowest BCUT2D eigenvalue weighted by molar-refractivity contribution is -0.118. The summed E-state index contributed by atoms with van der Waals surface area (Å²) in [5.74, 6) is 0.849. The van der Waals surface area contributed by atoms with Crippen molar-refractivity contribution >= 4 is 11.6 Å². The van der Waals surface area contributed by atoms with E-state index in [1.54, 1.807) is 7.11 Å². The quantitative estimate of drug-likeness (QED) is 0.906. The van der Waals surface area contributed by atoms with Crippen LogP contribution >= 0.6 is 0 Å². The summed E-state index contributed by atoms with van der Waals surface area (Å²) in [6, 6.07) is 7.92. The fourth-order valence-electron chi connectivity index (χ4n) is 2.45. The monoisotopic (exact) mass is 262 g/mol. The largest absolute Gasteiger partial charge is 0.497 e. The summed E-state index contributed by atoms with van der Waals surface area (Å²) in [4.78, 5) is 14.2. The van der Waals surface area contributed by atoms with E-state index in [9.17, 15) is 4.79 Å². The molecule has 104 valence electrons. The van der Waals surface area contributed by atoms with Gasteiger partial charge in [0.1, 0.15) is 5.75 Å². The first-order valence-corrected chi connectivity index (χ1v) is 6.87. The molecule has 1 fully saturated rings. The minimum atomic E-state index is 0.0546. The Morgan fingerprint density at radius 1 is 1.37 bits per heavy atom. The number of nitrogens with one attached hydrogen (secondary N) is 1. The van der Waals surface area contributed by atoms with Crippen molar-refractivity contribution in [1.82, 2.24) is 4.90 Å². The fourth-order valence-corrected chi connectivity index (χ4v) is 2.45. The molecular formula is C15H22N2O2. The zero-order valence-corrected chi connectivity index (χ0v) is 11.7. The van der Waals surface area contributed by atoms with E-state index in [0.29, 0.717) is 12.6 Å². The van der Waals surface area contributed by atoms with E-state index in [1.165, 1.54) is 19.3 Å². The Morgan fingerprint density at radius 2 is 2.11 bits per heavy atom. The molecular weight excluding hydrogens is 240 g/mol. The minimum Gasteiger partial charge on any atom is -0.497 e. The molecule has 1 saturated heterocycles. The van der Waals surface area contributed by atoms with Crippen molar-refractivity contribution in [3.8, 4) is 5.75 Å². The van der Waals surface area contributed by atoms with Crippen LogP contribution in [0.5, 0.6) is 5.75 Å². The number of ether oxygens (including phenoxy) is 1. The van der Waals surface area contributed by atoms with Gasteiger partial charge in [0.05, 0.1) is 13.7 Å². The third-order valence-corrected chi connectivity index (χ3v) is 3.66. The minimum absolute atomic E-state index is 0.0546. The standard InChI is InChI=1S/C15H22N2O2/c1-12-5-3-4-10-17(12)11-15(18)16-13-6-8-14(19-2)9-7-13/h6-9,12H,3-5,10-11H2,1-2H3,(H,16,18). The Balaban J connectivity index is 1.86. The number of likely N-dealkylation sites (tertiary alicyclic amines) is 1. The van der Waals surface area contributed by atoms with E-state index in [4.69, 9.17) is 4.74 Å². The molecule has 4 nitrogen and oxygen atoms in total. The second kappa shape index (κ2) is 6.57. The van der Waals surface area contributed by atoms with Crippen LogP contribution in [0.4, 0.5) is 5.69 Å². The highest BCUT2D eigenvalue weighted by Gasteiger charge is 2.20. The Hall–Kier alpha value is -1.55. The highest BCUT2D eigenvalue weighted by Crippen LogP contribution is 2.17. The molecule has 1 atom stereocenters. The lowest BCUT2D eigenvalue weighted by Gasteiger charge is -2.32. The average molecular weight is 262 g/mol. The van der Waals surface area contributed by atoms with Crippen molar-refractivity contribution in [1.29, 1.82) is 0 Å². The lowest BCUT2D eigenvalue weighted by Crippen LogP contribution is -2.42. The summed E-state index contributed by atoms with van der Waals surface area (Å²) in [5, 5.41) is 2.92. The molecule has 0 radical (unpaired) electrons. The molecule has 0 spiro atoms. The Labute approximate surface area is 114 Å². The number of methoxy groups -OCH3 is 1. The first kappa shape index (κ1) is 13.9. The number of nitrogens with zero attached hydrogens (tertiary/aromatic N) is 1. The number of anilines is 1. The Morgan fingerprint density at radius 3 is 2.74 bits per heavy atom. The van der Waals surface area contributed by atoms with Crippen LogP contribution in [0.15, 0.2) is 24.3 Å². The molecule has 1 N–H and O–H groups in total. The van der Waals surface area contributed by atoms with E-state index in [1.807, 2.05) is 24.3 Å². The van der Waals surface area contributed by atoms with Crippen LogP contribution in [0.2, 0.25) is 0 Å². The topological polar surface area (TPSA) is 41.6 Å². The molecule has 1 unspecified atom stereocenters. The van der Waals surface area contributed by atoms with E-state index in [-0.39, 0.29) is 5.91 Å². The van der Waals surface area contributed by atoms with Crippen molar-refractivity contribution in [3.63, 3.8) is 0 Å². The summed E-state index contributed by atoms with van der Waals surface area (Å²) in [6.45, 7) is 3.70. The number of amides is 1. The molecule has 19 heavy (non-hydrogen) atoms. The number of carbonyl (C=O) groups excluding carboxylic acids is 1. The third kappa shape index (κ3) is 3.96. The molecule has 0 aliphatic carbocycles. The molecule has 1 aliphatic rings. The van der Waals surface area contributed by atoms with Crippen LogP contribution in [-0.2, 0) is 4.79 Å². The third-order valence-electron chi connectivity index (χ3n) is 3.66. The van der Waals surface area contributed by atoms with Gasteiger partial charge in [-0.25, -0.2) is 0 Å². The van der Waals surface area contributed by atoms with Gasteiger partial charge < -0.3 is 10.1 Å². The van der Waals surface area contributed by atoms with Crippen molar-refractivity contribution < 1.29 is 9.53 Å². The molecule has 1 amide bonds. The highest BCUT2D eigenvalue weighted by atomic mass is 16.5. The van der Waals surface area contributed by atoms with Crippen LogP contribution in [0.1, 0.15) is 26.2 Å². The molecule has 0 aromatic heterocycles. The second-order valence-electron chi connectivity index (χ2n) is 5.09. The van der Waals surface area contributed by atoms with Crippen molar-refractivity contribution in [2.45, 2.75) is 32.2 Å². The summed E-state index contributed by atoms with van der Waals surface area (Å²) >= 11 is 0. The van der Waals surface area contributed by atoms with Gasteiger partial charge in [0.15, 0.2) is 0 Å². The molecule has 1 aliphatic heterocycles. The van der Waals surface area contributed by atoms with Crippen LogP contribution in [0.3, 0.4) is 0 Å². The maximum absolute atomic E-state index is 12.0. The zero-order chi connectivity index (χ0) is 13.7. The predicted molar refractivity (Wildman–Crippen MR) is 76.5 cm³/mol.